The van der Waals surface area contributed by atoms with Crippen molar-refractivity contribution in [2.45, 2.75) is 32.3 Å². The zero-order valence-electron chi connectivity index (χ0n) is 21.3. The van der Waals surface area contributed by atoms with Crippen molar-refractivity contribution >= 4 is 46.2 Å². The second kappa shape index (κ2) is 11.3. The van der Waals surface area contributed by atoms with Gasteiger partial charge in [-0.2, -0.15) is 15.1 Å². The van der Waals surface area contributed by atoms with E-state index < -0.39 is 0 Å². The predicted octanol–water partition coefficient (Wildman–Crippen LogP) is 6.51. The molecule has 1 aromatic heterocycles. The summed E-state index contributed by atoms with van der Waals surface area (Å²) in [5.74, 6) is 3.12. The van der Waals surface area contributed by atoms with Crippen LogP contribution in [0.3, 0.4) is 0 Å². The number of halogens is 1. The van der Waals surface area contributed by atoms with Crippen LogP contribution in [-0.2, 0) is 6.61 Å². The Labute approximate surface area is 228 Å². The van der Waals surface area contributed by atoms with E-state index in [1.807, 2.05) is 30.3 Å². The molecule has 0 unspecified atom stereocenters. The van der Waals surface area contributed by atoms with Gasteiger partial charge < -0.3 is 14.5 Å². The number of nitrogens with one attached hydrogen (secondary N) is 1. The Morgan fingerprint density at radius 3 is 2.47 bits per heavy atom. The molecular formula is C30H31ClN6O. The van der Waals surface area contributed by atoms with Crippen LogP contribution in [0.5, 0.6) is 5.75 Å². The maximum Gasteiger partial charge on any atom is 0.229 e. The van der Waals surface area contributed by atoms with Gasteiger partial charge in [-0.15, -0.1) is 0 Å². The third kappa shape index (κ3) is 5.53. The average Bonchev–Trinajstić information content (AvgIpc) is 3.68. The van der Waals surface area contributed by atoms with E-state index in [1.54, 1.807) is 6.21 Å². The third-order valence-corrected chi connectivity index (χ3v) is 7.37. The molecule has 0 saturated carbocycles. The molecule has 38 heavy (non-hydrogen) atoms. The highest BCUT2D eigenvalue weighted by Gasteiger charge is 2.20. The van der Waals surface area contributed by atoms with Gasteiger partial charge in [-0.05, 0) is 60.2 Å². The van der Waals surface area contributed by atoms with Gasteiger partial charge in [0.25, 0.3) is 0 Å². The molecule has 0 atom stereocenters. The fraction of sp³-hybridized carbons (Fsp3) is 0.300. The number of nitrogens with zero attached hydrogens (tertiary/aromatic N) is 5. The molecule has 0 amide bonds. The maximum absolute atomic E-state index is 6.33. The van der Waals surface area contributed by atoms with Crippen molar-refractivity contribution in [3.63, 3.8) is 0 Å². The van der Waals surface area contributed by atoms with Crippen LogP contribution in [0.25, 0.3) is 10.8 Å². The minimum absolute atomic E-state index is 0.446. The number of hydrazone groups is 1. The van der Waals surface area contributed by atoms with Crippen molar-refractivity contribution in [2.24, 2.45) is 5.10 Å². The van der Waals surface area contributed by atoms with Crippen LogP contribution in [0.15, 0.2) is 71.8 Å². The van der Waals surface area contributed by atoms with Crippen molar-refractivity contribution in [1.29, 1.82) is 0 Å². The zero-order valence-corrected chi connectivity index (χ0v) is 22.1. The summed E-state index contributed by atoms with van der Waals surface area (Å²) in [6, 6.07) is 22.2. The van der Waals surface area contributed by atoms with Crippen LogP contribution in [0, 0.1) is 0 Å². The zero-order chi connectivity index (χ0) is 25.7. The number of rotatable bonds is 8. The van der Waals surface area contributed by atoms with E-state index in [4.69, 9.17) is 26.3 Å². The van der Waals surface area contributed by atoms with Crippen molar-refractivity contribution in [1.82, 2.24) is 9.97 Å². The highest BCUT2D eigenvalue weighted by Crippen LogP contribution is 2.27. The molecule has 2 aliphatic rings. The molecule has 2 saturated heterocycles. The summed E-state index contributed by atoms with van der Waals surface area (Å²) >= 11 is 6.33. The smallest absolute Gasteiger partial charge is 0.229 e. The summed E-state index contributed by atoms with van der Waals surface area (Å²) in [4.78, 5) is 14.2. The molecule has 2 aliphatic heterocycles. The second-order valence-corrected chi connectivity index (χ2v) is 10.2. The minimum atomic E-state index is 0.446. The molecule has 4 aromatic rings. The normalized spacial score (nSPS) is 15.6. The Morgan fingerprint density at radius 1 is 0.868 bits per heavy atom. The van der Waals surface area contributed by atoms with Crippen molar-refractivity contribution in [2.75, 3.05) is 41.4 Å². The van der Waals surface area contributed by atoms with Crippen LogP contribution >= 0.6 is 11.6 Å². The summed E-state index contributed by atoms with van der Waals surface area (Å²) in [7, 11) is 0. The molecule has 3 aromatic carbocycles. The van der Waals surface area contributed by atoms with E-state index >= 15 is 0 Å². The molecule has 0 aliphatic carbocycles. The molecule has 8 heteroatoms. The minimum Gasteiger partial charge on any atom is -0.488 e. The molecule has 194 valence electrons. The Morgan fingerprint density at radius 2 is 1.63 bits per heavy atom. The Hall–Kier alpha value is -3.84. The monoisotopic (exact) mass is 526 g/mol. The molecule has 0 bridgehead atoms. The number of benzene rings is 3. The van der Waals surface area contributed by atoms with E-state index in [1.165, 1.54) is 36.5 Å². The first-order valence-electron chi connectivity index (χ1n) is 13.3. The lowest BCUT2D eigenvalue weighted by atomic mass is 10.1. The number of aromatic nitrogens is 2. The van der Waals surface area contributed by atoms with E-state index in [9.17, 15) is 0 Å². The van der Waals surface area contributed by atoms with Gasteiger partial charge in [0.05, 0.1) is 6.21 Å². The summed E-state index contributed by atoms with van der Waals surface area (Å²) < 4.78 is 6.25. The van der Waals surface area contributed by atoms with Gasteiger partial charge in [-0.25, -0.2) is 0 Å². The van der Waals surface area contributed by atoms with E-state index in [2.05, 4.69) is 56.7 Å². The van der Waals surface area contributed by atoms with Crippen LogP contribution in [0.1, 0.15) is 36.8 Å². The van der Waals surface area contributed by atoms with Crippen LogP contribution in [0.2, 0.25) is 5.02 Å². The molecular weight excluding hydrogens is 496 g/mol. The summed E-state index contributed by atoms with van der Waals surface area (Å²) in [5.41, 5.74) is 5.05. The standard InChI is InChI=1S/C30H31ClN6O/c31-25-12-13-27(38-21-23-10-7-9-22-8-1-2-11-26(22)23)24(18-25)20-32-35-28-19-29(36-14-3-4-15-36)34-30(33-28)37-16-5-6-17-37/h1-2,7-13,18-20H,3-6,14-17,21H2,(H,33,34,35)/b32-20-. The van der Waals surface area contributed by atoms with E-state index in [0.29, 0.717) is 23.2 Å². The summed E-state index contributed by atoms with van der Waals surface area (Å²) in [6.07, 6.45) is 6.47. The van der Waals surface area contributed by atoms with Gasteiger partial charge >= 0.3 is 0 Å². The SMILES string of the molecule is Clc1ccc(OCc2cccc3ccccc23)c(/C=N\Nc2cc(N3CCCC3)nc(N3CCCC3)n2)c1. The summed E-state index contributed by atoms with van der Waals surface area (Å²) in [5, 5.41) is 7.52. The number of anilines is 3. The first kappa shape index (κ1) is 24.5. The van der Waals surface area contributed by atoms with Crippen molar-refractivity contribution in [3.05, 3.63) is 82.9 Å². The first-order valence-corrected chi connectivity index (χ1v) is 13.7. The largest absolute Gasteiger partial charge is 0.488 e. The molecule has 1 N–H and O–H groups in total. The van der Waals surface area contributed by atoms with Crippen molar-refractivity contribution in [3.8, 4) is 5.75 Å². The van der Waals surface area contributed by atoms with E-state index in [-0.39, 0.29) is 0 Å². The predicted molar refractivity (Wildman–Crippen MR) is 156 cm³/mol. The quantitative estimate of drug-likeness (QED) is 0.208. The second-order valence-electron chi connectivity index (χ2n) is 9.78. The lowest BCUT2D eigenvalue weighted by Crippen LogP contribution is -2.24. The van der Waals surface area contributed by atoms with Gasteiger partial charge in [-0.1, -0.05) is 54.1 Å². The fourth-order valence-corrected chi connectivity index (χ4v) is 5.32. The Kier molecular flexibility index (Phi) is 7.27. The van der Waals surface area contributed by atoms with Gasteiger partial charge in [0.15, 0.2) is 5.82 Å². The van der Waals surface area contributed by atoms with Gasteiger partial charge in [-0.3, -0.25) is 5.43 Å². The molecule has 7 nitrogen and oxygen atoms in total. The van der Waals surface area contributed by atoms with Crippen LogP contribution in [-0.4, -0.2) is 42.4 Å². The van der Waals surface area contributed by atoms with Gasteiger partial charge in [0.2, 0.25) is 5.95 Å². The molecule has 3 heterocycles. The summed E-state index contributed by atoms with van der Waals surface area (Å²) in [6.45, 7) is 4.48. The average molecular weight is 527 g/mol. The van der Waals surface area contributed by atoms with Gasteiger partial charge in [0.1, 0.15) is 18.2 Å². The molecule has 0 spiro atoms. The topological polar surface area (TPSA) is 65.9 Å². The van der Waals surface area contributed by atoms with Crippen molar-refractivity contribution < 1.29 is 4.74 Å². The van der Waals surface area contributed by atoms with Gasteiger partial charge in [0, 0.05) is 42.8 Å². The Balaban J connectivity index is 1.21. The molecule has 6 rings (SSSR count). The van der Waals surface area contributed by atoms with E-state index in [0.717, 1.165) is 49.1 Å². The molecule has 2 fully saturated rings. The fourth-order valence-electron chi connectivity index (χ4n) is 5.14. The highest BCUT2D eigenvalue weighted by atomic mass is 35.5. The lowest BCUT2D eigenvalue weighted by Gasteiger charge is -2.21. The maximum atomic E-state index is 6.33. The Bertz CT molecular complexity index is 1410. The lowest BCUT2D eigenvalue weighted by molar-refractivity contribution is 0.307. The molecule has 0 radical (unpaired) electrons. The highest BCUT2D eigenvalue weighted by molar-refractivity contribution is 6.30. The van der Waals surface area contributed by atoms with Crippen LogP contribution < -0.4 is 20.0 Å². The number of hydrogen-bond acceptors (Lipinski definition) is 7. The first-order chi connectivity index (χ1) is 18.7. The number of ether oxygens (including phenoxy) is 1. The third-order valence-electron chi connectivity index (χ3n) is 7.14. The number of hydrogen-bond donors (Lipinski definition) is 1. The van der Waals surface area contributed by atoms with Crippen LogP contribution in [0.4, 0.5) is 17.6 Å². The number of fused-ring (bicyclic) bond motifs is 1.